The second-order valence-electron chi connectivity index (χ2n) is 11.8. The van der Waals surface area contributed by atoms with Gasteiger partial charge in [-0.2, -0.15) is 18.3 Å². The van der Waals surface area contributed by atoms with Gasteiger partial charge in [-0.05, 0) is 48.6 Å². The molecule has 1 saturated heterocycles. The summed E-state index contributed by atoms with van der Waals surface area (Å²) in [6.45, 7) is -0.883. The number of halogens is 4. The normalized spacial score (nSPS) is 22.4. The van der Waals surface area contributed by atoms with Crippen molar-refractivity contribution in [2.24, 2.45) is 5.41 Å². The molecule has 224 valence electrons. The van der Waals surface area contributed by atoms with E-state index in [-0.39, 0.29) is 37.0 Å². The molecule has 7 rings (SSSR count). The van der Waals surface area contributed by atoms with Crippen LogP contribution in [0.5, 0.6) is 0 Å². The standard InChI is InChI=1S/C30H28ClF3N6O3/c31-24-12-20-22(21-15-35-36-26(21)24)16-38(17-30(32,33)34)27(42)29(13-23(20)29)14-25(41)37-8-6-19(7-9-37)40-11-10-39(28(40)43)18-4-2-1-3-5-18/h1-5,10-12,15,19,23H,6-9,13-14,16-17H2,(H,35,36)/t23?,29-/m1/s1. The zero-order valence-electron chi connectivity index (χ0n) is 23.0. The summed E-state index contributed by atoms with van der Waals surface area (Å²) in [5, 5.41) is 7.75. The van der Waals surface area contributed by atoms with Gasteiger partial charge in [-0.3, -0.25) is 23.8 Å². The van der Waals surface area contributed by atoms with E-state index in [9.17, 15) is 27.6 Å². The summed E-state index contributed by atoms with van der Waals surface area (Å²) in [6, 6.07) is 10.9. The van der Waals surface area contributed by atoms with Crippen LogP contribution in [0.25, 0.3) is 16.6 Å². The number of alkyl halides is 3. The molecule has 43 heavy (non-hydrogen) atoms. The Hall–Kier alpha value is -4.06. The number of para-hydroxylation sites is 1. The number of rotatable bonds is 5. The van der Waals surface area contributed by atoms with Gasteiger partial charge in [0, 0.05) is 55.8 Å². The molecule has 2 atom stereocenters. The molecular formula is C30H28ClF3N6O3. The number of aromatic nitrogens is 4. The molecule has 1 N–H and O–H groups in total. The van der Waals surface area contributed by atoms with Crippen LogP contribution in [-0.2, 0) is 16.1 Å². The summed E-state index contributed by atoms with van der Waals surface area (Å²) in [5.74, 6) is -1.34. The number of aromatic amines is 1. The van der Waals surface area contributed by atoms with E-state index in [2.05, 4.69) is 10.2 Å². The Morgan fingerprint density at radius 1 is 1.12 bits per heavy atom. The van der Waals surface area contributed by atoms with Crippen LogP contribution in [0.15, 0.2) is 59.8 Å². The molecule has 2 aliphatic heterocycles. The molecule has 9 nitrogen and oxygen atoms in total. The number of likely N-dealkylation sites (tertiary alicyclic amines) is 1. The second-order valence-corrected chi connectivity index (χ2v) is 12.2. The Kier molecular flexibility index (Phi) is 6.46. The van der Waals surface area contributed by atoms with Crippen molar-refractivity contribution in [3.05, 3.63) is 81.6 Å². The van der Waals surface area contributed by atoms with E-state index in [1.165, 1.54) is 6.20 Å². The number of nitrogens with zero attached hydrogens (tertiary/aromatic N) is 5. The second kappa shape index (κ2) is 10.0. The van der Waals surface area contributed by atoms with E-state index in [0.717, 1.165) is 10.6 Å². The molecule has 1 aliphatic carbocycles. The predicted octanol–water partition coefficient (Wildman–Crippen LogP) is 4.80. The largest absolute Gasteiger partial charge is 0.406 e. The minimum atomic E-state index is -4.60. The molecule has 0 radical (unpaired) electrons. The fraction of sp³-hybridized carbons (Fsp3) is 0.400. The van der Waals surface area contributed by atoms with E-state index < -0.39 is 30.0 Å². The van der Waals surface area contributed by atoms with Gasteiger partial charge < -0.3 is 9.80 Å². The van der Waals surface area contributed by atoms with Gasteiger partial charge >= 0.3 is 11.9 Å². The lowest BCUT2D eigenvalue weighted by atomic mass is 9.91. The van der Waals surface area contributed by atoms with Gasteiger partial charge in [0.05, 0.1) is 27.8 Å². The van der Waals surface area contributed by atoms with Crippen molar-refractivity contribution in [2.45, 2.75) is 50.4 Å². The van der Waals surface area contributed by atoms with Crippen LogP contribution >= 0.6 is 11.6 Å². The lowest BCUT2D eigenvalue weighted by Crippen LogP contribution is -2.45. The molecule has 2 fully saturated rings. The number of H-pyrrole nitrogens is 1. The Labute approximate surface area is 248 Å². The average Bonchev–Trinajstić information content (AvgIpc) is 3.30. The van der Waals surface area contributed by atoms with Gasteiger partial charge in [-0.1, -0.05) is 29.8 Å². The fourth-order valence-electron chi connectivity index (χ4n) is 7.01. The highest BCUT2D eigenvalue weighted by Gasteiger charge is 2.65. The topological polar surface area (TPSA) is 96.2 Å². The van der Waals surface area contributed by atoms with Gasteiger partial charge in [0.25, 0.3) is 0 Å². The number of hydrogen-bond acceptors (Lipinski definition) is 4. The number of nitrogens with one attached hydrogen (secondary N) is 1. The maximum Gasteiger partial charge on any atom is 0.406 e. The minimum absolute atomic E-state index is 0.0958. The van der Waals surface area contributed by atoms with Crippen LogP contribution < -0.4 is 5.69 Å². The van der Waals surface area contributed by atoms with Crippen molar-refractivity contribution >= 4 is 34.3 Å². The molecule has 13 heteroatoms. The molecule has 3 aliphatic rings. The van der Waals surface area contributed by atoms with Crippen LogP contribution in [0.3, 0.4) is 0 Å². The van der Waals surface area contributed by atoms with Crippen LogP contribution in [-0.4, -0.2) is 66.8 Å². The number of carbonyl (C=O) groups is 2. The monoisotopic (exact) mass is 612 g/mol. The van der Waals surface area contributed by atoms with Crippen molar-refractivity contribution in [1.29, 1.82) is 0 Å². The van der Waals surface area contributed by atoms with E-state index >= 15 is 0 Å². The van der Waals surface area contributed by atoms with Gasteiger partial charge in [-0.25, -0.2) is 4.79 Å². The number of hydrogen-bond donors (Lipinski definition) is 1. The molecule has 4 heterocycles. The zero-order chi connectivity index (χ0) is 30.1. The number of amides is 2. The van der Waals surface area contributed by atoms with Crippen LogP contribution in [0.4, 0.5) is 13.2 Å². The maximum absolute atomic E-state index is 13.8. The number of imidazole rings is 1. The molecule has 0 spiro atoms. The molecule has 0 bridgehead atoms. The zero-order valence-corrected chi connectivity index (χ0v) is 23.7. The van der Waals surface area contributed by atoms with Crippen LogP contribution in [0.1, 0.15) is 48.8 Å². The fourth-order valence-corrected chi connectivity index (χ4v) is 7.27. The van der Waals surface area contributed by atoms with Crippen molar-refractivity contribution in [1.82, 2.24) is 29.1 Å². The van der Waals surface area contributed by atoms with E-state index in [1.807, 2.05) is 30.3 Å². The Morgan fingerprint density at radius 3 is 2.58 bits per heavy atom. The van der Waals surface area contributed by atoms with Crippen molar-refractivity contribution < 1.29 is 22.8 Å². The summed E-state index contributed by atoms with van der Waals surface area (Å²) in [6.07, 6.45) is 1.59. The first-order valence-corrected chi connectivity index (χ1v) is 14.6. The third-order valence-corrected chi connectivity index (χ3v) is 9.53. The number of piperidine rings is 1. The molecule has 4 aromatic rings. The first-order chi connectivity index (χ1) is 20.6. The summed E-state index contributed by atoms with van der Waals surface area (Å²) in [7, 11) is 0. The van der Waals surface area contributed by atoms with E-state index in [4.69, 9.17) is 11.6 Å². The van der Waals surface area contributed by atoms with E-state index in [0.29, 0.717) is 53.0 Å². The maximum atomic E-state index is 13.8. The lowest BCUT2D eigenvalue weighted by molar-refractivity contribution is -0.166. The van der Waals surface area contributed by atoms with Crippen molar-refractivity contribution in [3.8, 4) is 5.69 Å². The summed E-state index contributed by atoms with van der Waals surface area (Å²) < 4.78 is 44.1. The summed E-state index contributed by atoms with van der Waals surface area (Å²) >= 11 is 6.49. The highest BCUT2D eigenvalue weighted by molar-refractivity contribution is 6.35. The minimum Gasteiger partial charge on any atom is -0.343 e. The number of fused-ring (bicyclic) bond motifs is 5. The van der Waals surface area contributed by atoms with Crippen LogP contribution in [0, 0.1) is 5.41 Å². The number of benzene rings is 2. The van der Waals surface area contributed by atoms with Gasteiger partial charge in [0.15, 0.2) is 0 Å². The molecule has 1 unspecified atom stereocenters. The SMILES string of the molecule is O=C(C[C@]12CC1c1cc(Cl)c3[nH]ncc3c1CN(CC(F)(F)F)C2=O)N1CCC(n2ccn(-c3ccccc3)c2=O)CC1. The Bertz CT molecular complexity index is 1790. The third-order valence-electron chi connectivity index (χ3n) is 9.23. The number of carbonyl (C=O) groups excluding carboxylic acids is 2. The van der Waals surface area contributed by atoms with Crippen molar-refractivity contribution in [2.75, 3.05) is 19.6 Å². The van der Waals surface area contributed by atoms with E-state index in [1.54, 1.807) is 32.5 Å². The molecular weight excluding hydrogens is 585 g/mol. The summed E-state index contributed by atoms with van der Waals surface area (Å²) in [4.78, 5) is 43.0. The van der Waals surface area contributed by atoms with Crippen LogP contribution in [0.2, 0.25) is 5.02 Å². The van der Waals surface area contributed by atoms with Crippen molar-refractivity contribution in [3.63, 3.8) is 0 Å². The predicted molar refractivity (Wildman–Crippen MR) is 152 cm³/mol. The first-order valence-electron chi connectivity index (χ1n) is 14.2. The summed E-state index contributed by atoms with van der Waals surface area (Å²) in [5.41, 5.74) is 1.14. The molecule has 2 aromatic heterocycles. The van der Waals surface area contributed by atoms with Gasteiger partial charge in [0.2, 0.25) is 11.8 Å². The Balaban J connectivity index is 1.11. The quantitative estimate of drug-likeness (QED) is 0.350. The van der Waals surface area contributed by atoms with Gasteiger partial charge in [0.1, 0.15) is 6.54 Å². The molecule has 2 amide bonds. The highest BCUT2D eigenvalue weighted by Crippen LogP contribution is 2.65. The lowest BCUT2D eigenvalue weighted by Gasteiger charge is -2.34. The third kappa shape index (κ3) is 4.72. The highest BCUT2D eigenvalue weighted by atomic mass is 35.5. The molecule has 1 saturated carbocycles. The smallest absolute Gasteiger partial charge is 0.343 e. The molecule has 2 aromatic carbocycles. The average molecular weight is 613 g/mol. The Morgan fingerprint density at radius 2 is 1.86 bits per heavy atom. The van der Waals surface area contributed by atoms with Gasteiger partial charge in [-0.15, -0.1) is 0 Å². The first kappa shape index (κ1) is 27.8.